The number of nitrogens with zero attached hydrogens (tertiary/aromatic N) is 1. The molecule has 0 aliphatic heterocycles. The lowest BCUT2D eigenvalue weighted by Crippen LogP contribution is -2.42. The first kappa shape index (κ1) is 13.8. The van der Waals surface area contributed by atoms with Gasteiger partial charge in [-0.25, -0.2) is 5.84 Å². The van der Waals surface area contributed by atoms with E-state index >= 15 is 0 Å². The molecule has 1 fully saturated rings. The molecule has 1 amide bonds. The Labute approximate surface area is 102 Å². The minimum absolute atomic E-state index is 0.0332. The van der Waals surface area contributed by atoms with Gasteiger partial charge in [0.15, 0.2) is 0 Å². The van der Waals surface area contributed by atoms with E-state index in [0.717, 1.165) is 19.3 Å². The summed E-state index contributed by atoms with van der Waals surface area (Å²) in [5.74, 6) is 5.93. The number of amides is 1. The second-order valence-electron chi connectivity index (χ2n) is 4.42. The van der Waals surface area contributed by atoms with Crippen molar-refractivity contribution >= 4 is 11.9 Å². The number of guanidine groups is 1. The third kappa shape index (κ3) is 6.11. The van der Waals surface area contributed by atoms with Crippen molar-refractivity contribution in [2.75, 3.05) is 6.54 Å². The Balaban J connectivity index is 2.19. The van der Waals surface area contributed by atoms with E-state index < -0.39 is 0 Å². The average Bonchev–Trinajstić information content (AvgIpc) is 3.11. The van der Waals surface area contributed by atoms with Crippen LogP contribution >= 0.6 is 0 Å². The van der Waals surface area contributed by atoms with Crippen LogP contribution in [0.3, 0.4) is 0 Å². The van der Waals surface area contributed by atoms with E-state index in [9.17, 15) is 4.79 Å². The first-order valence-corrected chi connectivity index (χ1v) is 6.22. The minimum atomic E-state index is 0.0332. The Morgan fingerprint density at radius 3 is 2.76 bits per heavy atom. The molecule has 0 bridgehead atoms. The van der Waals surface area contributed by atoms with Crippen LogP contribution in [0.5, 0.6) is 0 Å². The van der Waals surface area contributed by atoms with Gasteiger partial charge in [0.05, 0.1) is 6.54 Å². The number of carbonyl (C=O) groups is 1. The molecule has 6 heteroatoms. The van der Waals surface area contributed by atoms with Gasteiger partial charge in [0.25, 0.3) is 0 Å². The molecule has 1 aliphatic carbocycles. The molecule has 1 saturated carbocycles. The molecular weight excluding hydrogens is 218 g/mol. The standard InChI is InChI=1S/C11H23N5O/c1-3-8(2)14-10(17)6-7-13-11(16-12)15-9-4-5-9/h8-9H,3-7,12H2,1-2H3,(H,14,17)(H2,13,15,16). The maximum atomic E-state index is 11.5. The topological polar surface area (TPSA) is 91.5 Å². The van der Waals surface area contributed by atoms with Crippen LogP contribution in [0.4, 0.5) is 0 Å². The second kappa shape index (κ2) is 7.11. The summed E-state index contributed by atoms with van der Waals surface area (Å²) in [6.07, 6.45) is 3.65. The van der Waals surface area contributed by atoms with Gasteiger partial charge in [-0.3, -0.25) is 15.2 Å². The van der Waals surface area contributed by atoms with E-state index in [4.69, 9.17) is 5.84 Å². The molecule has 1 aliphatic rings. The summed E-state index contributed by atoms with van der Waals surface area (Å²) in [4.78, 5) is 15.7. The van der Waals surface area contributed by atoms with Crippen molar-refractivity contribution < 1.29 is 4.79 Å². The molecule has 1 rings (SSSR count). The maximum absolute atomic E-state index is 11.5. The highest BCUT2D eigenvalue weighted by atomic mass is 16.1. The number of nitrogens with two attached hydrogens (primary N) is 1. The molecule has 5 N–H and O–H groups in total. The Morgan fingerprint density at radius 1 is 1.53 bits per heavy atom. The fourth-order valence-corrected chi connectivity index (χ4v) is 1.27. The summed E-state index contributed by atoms with van der Waals surface area (Å²) in [5, 5.41) is 6.04. The van der Waals surface area contributed by atoms with E-state index in [0.29, 0.717) is 25.0 Å². The zero-order valence-electron chi connectivity index (χ0n) is 10.6. The fourth-order valence-electron chi connectivity index (χ4n) is 1.27. The van der Waals surface area contributed by atoms with Gasteiger partial charge in [-0.15, -0.1) is 0 Å². The van der Waals surface area contributed by atoms with E-state index in [2.05, 4.69) is 21.1 Å². The Bertz CT molecular complexity index is 275. The van der Waals surface area contributed by atoms with Gasteiger partial charge in [-0.2, -0.15) is 0 Å². The maximum Gasteiger partial charge on any atom is 0.222 e. The lowest BCUT2D eigenvalue weighted by molar-refractivity contribution is -0.121. The molecule has 0 aromatic carbocycles. The number of hydrogen-bond donors (Lipinski definition) is 4. The fraction of sp³-hybridized carbons (Fsp3) is 0.818. The van der Waals surface area contributed by atoms with Gasteiger partial charge in [0, 0.05) is 18.5 Å². The van der Waals surface area contributed by atoms with E-state index in [1.54, 1.807) is 0 Å². The van der Waals surface area contributed by atoms with Crippen LogP contribution in [0.2, 0.25) is 0 Å². The smallest absolute Gasteiger partial charge is 0.222 e. The van der Waals surface area contributed by atoms with Crippen molar-refractivity contribution in [2.45, 2.75) is 51.6 Å². The molecular formula is C11H23N5O. The zero-order valence-corrected chi connectivity index (χ0v) is 10.6. The summed E-state index contributed by atoms with van der Waals surface area (Å²) in [6, 6.07) is 0.724. The molecule has 6 nitrogen and oxygen atoms in total. The highest BCUT2D eigenvalue weighted by Crippen LogP contribution is 2.18. The van der Waals surface area contributed by atoms with Gasteiger partial charge in [0.1, 0.15) is 0 Å². The summed E-state index contributed by atoms with van der Waals surface area (Å²) >= 11 is 0. The summed E-state index contributed by atoms with van der Waals surface area (Å²) in [7, 11) is 0. The van der Waals surface area contributed by atoms with Gasteiger partial charge in [0.2, 0.25) is 11.9 Å². The van der Waals surface area contributed by atoms with Gasteiger partial charge in [-0.1, -0.05) is 6.92 Å². The third-order valence-corrected chi connectivity index (χ3v) is 2.68. The highest BCUT2D eigenvalue weighted by molar-refractivity contribution is 5.80. The van der Waals surface area contributed by atoms with Crippen LogP contribution in [0.1, 0.15) is 39.5 Å². The predicted octanol–water partition coefficient (Wildman–Crippen LogP) is -0.137. The van der Waals surface area contributed by atoms with Crippen LogP contribution in [-0.2, 0) is 4.79 Å². The molecule has 0 saturated heterocycles. The molecule has 1 atom stereocenters. The molecule has 17 heavy (non-hydrogen) atoms. The van der Waals surface area contributed by atoms with Gasteiger partial charge < -0.3 is 10.6 Å². The van der Waals surface area contributed by atoms with Crippen LogP contribution in [-0.4, -0.2) is 30.5 Å². The SMILES string of the molecule is CCC(C)NC(=O)CCN=C(NN)NC1CC1. The van der Waals surface area contributed by atoms with E-state index in [1.807, 2.05) is 13.8 Å². The number of aliphatic imine (C=N–C) groups is 1. The first-order chi connectivity index (χ1) is 8.15. The predicted molar refractivity (Wildman–Crippen MR) is 68.3 cm³/mol. The molecule has 0 spiro atoms. The Morgan fingerprint density at radius 2 is 2.24 bits per heavy atom. The number of hydrogen-bond acceptors (Lipinski definition) is 3. The minimum Gasteiger partial charge on any atom is -0.354 e. The molecule has 0 aromatic rings. The van der Waals surface area contributed by atoms with Gasteiger partial charge in [-0.05, 0) is 26.2 Å². The number of rotatable bonds is 6. The zero-order chi connectivity index (χ0) is 12.7. The lowest BCUT2D eigenvalue weighted by Gasteiger charge is -2.11. The van der Waals surface area contributed by atoms with E-state index in [1.165, 1.54) is 0 Å². The van der Waals surface area contributed by atoms with Crippen molar-refractivity contribution in [1.82, 2.24) is 16.1 Å². The van der Waals surface area contributed by atoms with Crippen LogP contribution in [0.15, 0.2) is 4.99 Å². The largest absolute Gasteiger partial charge is 0.354 e. The third-order valence-electron chi connectivity index (χ3n) is 2.68. The second-order valence-corrected chi connectivity index (χ2v) is 4.42. The summed E-state index contributed by atoms with van der Waals surface area (Å²) in [6.45, 7) is 4.48. The summed E-state index contributed by atoms with van der Waals surface area (Å²) in [5.41, 5.74) is 2.51. The monoisotopic (exact) mass is 241 g/mol. The van der Waals surface area contributed by atoms with Crippen molar-refractivity contribution in [3.8, 4) is 0 Å². The Hall–Kier alpha value is -1.30. The highest BCUT2D eigenvalue weighted by Gasteiger charge is 2.21. The van der Waals surface area contributed by atoms with E-state index in [-0.39, 0.29) is 11.9 Å². The average molecular weight is 241 g/mol. The van der Waals surface area contributed by atoms with Gasteiger partial charge >= 0.3 is 0 Å². The Kier molecular flexibility index (Phi) is 5.76. The summed E-state index contributed by atoms with van der Waals surface area (Å²) < 4.78 is 0. The molecule has 98 valence electrons. The molecule has 1 unspecified atom stereocenters. The van der Waals surface area contributed by atoms with Crippen molar-refractivity contribution in [1.29, 1.82) is 0 Å². The van der Waals surface area contributed by atoms with Crippen LogP contribution < -0.4 is 21.9 Å². The lowest BCUT2D eigenvalue weighted by atomic mass is 10.2. The number of hydrazine groups is 1. The van der Waals surface area contributed by atoms with Crippen molar-refractivity contribution in [2.24, 2.45) is 10.8 Å². The number of carbonyl (C=O) groups excluding carboxylic acids is 1. The van der Waals surface area contributed by atoms with Crippen LogP contribution in [0, 0.1) is 0 Å². The molecule has 0 heterocycles. The normalized spacial score (nSPS) is 17.5. The molecule has 0 radical (unpaired) electrons. The first-order valence-electron chi connectivity index (χ1n) is 6.22. The van der Waals surface area contributed by atoms with Crippen molar-refractivity contribution in [3.63, 3.8) is 0 Å². The number of nitrogens with one attached hydrogen (secondary N) is 3. The molecule has 0 aromatic heterocycles. The van der Waals surface area contributed by atoms with Crippen LogP contribution in [0.25, 0.3) is 0 Å². The van der Waals surface area contributed by atoms with Crippen molar-refractivity contribution in [3.05, 3.63) is 0 Å². The quantitative estimate of drug-likeness (QED) is 0.225.